The second kappa shape index (κ2) is 11.5. The molecule has 0 aliphatic carbocycles. The summed E-state index contributed by atoms with van der Waals surface area (Å²) in [5, 5.41) is 10.5. The molecule has 2 aromatic carbocycles. The third-order valence-corrected chi connectivity index (χ3v) is 8.17. The highest BCUT2D eigenvalue weighted by atomic mass is 35.5. The minimum atomic E-state index is -1.05. The predicted molar refractivity (Wildman–Crippen MR) is 149 cm³/mol. The molecule has 0 radical (unpaired) electrons. The van der Waals surface area contributed by atoms with Crippen molar-refractivity contribution < 1.29 is 24.2 Å². The molecule has 5 rings (SSSR count). The molecule has 3 aromatic rings. The van der Waals surface area contributed by atoms with Crippen LogP contribution in [0.4, 0.5) is 0 Å². The maximum absolute atomic E-state index is 13.9. The van der Waals surface area contributed by atoms with Crippen LogP contribution in [0.5, 0.6) is 5.88 Å². The van der Waals surface area contributed by atoms with Gasteiger partial charge < -0.3 is 19.5 Å². The van der Waals surface area contributed by atoms with Crippen molar-refractivity contribution in [1.82, 2.24) is 9.88 Å². The molecule has 7 nitrogen and oxygen atoms in total. The van der Waals surface area contributed by atoms with Gasteiger partial charge in [0, 0.05) is 29.4 Å². The number of aromatic nitrogens is 1. The highest BCUT2D eigenvalue weighted by Gasteiger charge is 2.38. The van der Waals surface area contributed by atoms with Gasteiger partial charge in [-0.2, -0.15) is 0 Å². The van der Waals surface area contributed by atoms with Crippen LogP contribution in [-0.2, 0) is 29.1 Å². The van der Waals surface area contributed by atoms with E-state index >= 15 is 0 Å². The number of hydrogen-bond acceptors (Lipinski definition) is 5. The molecule has 2 aliphatic rings. The normalized spacial score (nSPS) is 17.7. The summed E-state index contributed by atoms with van der Waals surface area (Å²) in [7, 11) is 0. The molecular formula is C30H30Cl2N2O5. The van der Waals surface area contributed by atoms with Crippen LogP contribution in [0.2, 0.25) is 10.0 Å². The highest BCUT2D eigenvalue weighted by Crippen LogP contribution is 2.41. The Morgan fingerprint density at radius 3 is 2.69 bits per heavy atom. The number of rotatable bonds is 8. The molecular weight excluding hydrogens is 539 g/mol. The van der Waals surface area contributed by atoms with Gasteiger partial charge in [0.15, 0.2) is 0 Å². The number of pyridine rings is 1. The van der Waals surface area contributed by atoms with Gasteiger partial charge in [-0.25, -0.2) is 4.98 Å². The molecule has 1 aromatic heterocycles. The summed E-state index contributed by atoms with van der Waals surface area (Å²) in [6.07, 6.45) is 1.36. The molecule has 0 bridgehead atoms. The number of halogens is 2. The molecule has 0 saturated carbocycles. The largest absolute Gasteiger partial charge is 0.481 e. The molecule has 9 heteroatoms. The zero-order chi connectivity index (χ0) is 27.7. The molecule has 1 fully saturated rings. The van der Waals surface area contributed by atoms with Crippen molar-refractivity contribution in [3.63, 3.8) is 0 Å². The predicted octanol–water partition coefficient (Wildman–Crippen LogP) is 6.13. The van der Waals surface area contributed by atoms with Crippen molar-refractivity contribution in [1.29, 1.82) is 0 Å². The van der Waals surface area contributed by atoms with E-state index in [0.717, 1.165) is 28.8 Å². The van der Waals surface area contributed by atoms with Crippen molar-refractivity contribution in [2.75, 3.05) is 13.2 Å². The van der Waals surface area contributed by atoms with Gasteiger partial charge in [-0.05, 0) is 67.5 Å². The summed E-state index contributed by atoms with van der Waals surface area (Å²) in [5.74, 6) is -1.87. The number of hydrogen-bond donors (Lipinski definition) is 1. The first-order valence-electron chi connectivity index (χ1n) is 13.0. The highest BCUT2D eigenvalue weighted by molar-refractivity contribution is 6.37. The molecule has 1 unspecified atom stereocenters. The Balaban J connectivity index is 1.46. The summed E-state index contributed by atoms with van der Waals surface area (Å²) in [6, 6.07) is 13.4. The molecule has 1 saturated heterocycles. The van der Waals surface area contributed by atoms with Crippen LogP contribution in [0.25, 0.3) is 0 Å². The van der Waals surface area contributed by atoms with Crippen LogP contribution in [0.3, 0.4) is 0 Å². The summed E-state index contributed by atoms with van der Waals surface area (Å²) < 4.78 is 11.8. The molecule has 3 heterocycles. The van der Waals surface area contributed by atoms with Crippen LogP contribution in [0.15, 0.2) is 42.5 Å². The third-order valence-electron chi connectivity index (χ3n) is 7.42. The maximum atomic E-state index is 13.9. The zero-order valence-corrected chi connectivity index (χ0v) is 23.4. The summed E-state index contributed by atoms with van der Waals surface area (Å²) >= 11 is 13.4. The lowest BCUT2D eigenvalue weighted by Gasteiger charge is -2.32. The lowest BCUT2D eigenvalue weighted by atomic mass is 9.87. The fourth-order valence-corrected chi connectivity index (χ4v) is 6.12. The molecule has 2 atom stereocenters. The number of carboxylic acid groups (broad SMARTS) is 1. The minimum absolute atomic E-state index is 0.131. The molecule has 39 heavy (non-hydrogen) atoms. The van der Waals surface area contributed by atoms with Gasteiger partial charge in [0.05, 0.1) is 23.2 Å². The number of benzene rings is 2. The molecule has 204 valence electrons. The summed E-state index contributed by atoms with van der Waals surface area (Å²) in [4.78, 5) is 32.5. The van der Waals surface area contributed by atoms with Crippen LogP contribution in [0.1, 0.15) is 62.6 Å². The minimum Gasteiger partial charge on any atom is -0.481 e. The number of carbonyl (C=O) groups is 2. The second-order valence-electron chi connectivity index (χ2n) is 10.1. The van der Waals surface area contributed by atoms with E-state index in [0.29, 0.717) is 54.6 Å². The summed E-state index contributed by atoms with van der Waals surface area (Å²) in [5.41, 5.74) is 4.83. The van der Waals surface area contributed by atoms with E-state index in [9.17, 15) is 14.7 Å². The first-order valence-corrected chi connectivity index (χ1v) is 13.8. The average Bonchev–Trinajstić information content (AvgIpc) is 3.43. The number of carboxylic acids is 1. The van der Waals surface area contributed by atoms with Crippen LogP contribution in [-0.4, -0.2) is 46.1 Å². The first-order chi connectivity index (χ1) is 18.7. The first kappa shape index (κ1) is 27.4. The SMILES string of the molecule is Cc1cc(C)c(CN2CCc3c(Cl)cc([C@@H](C(=O)O)C4CCCO4)c(Cl)c3C2=O)c(OCc2ccccc2)n1. The second-order valence-corrected chi connectivity index (χ2v) is 10.9. The third kappa shape index (κ3) is 5.62. The average molecular weight is 569 g/mol. The molecule has 1 N–H and O–H groups in total. The van der Waals surface area contributed by atoms with Gasteiger partial charge in [0.25, 0.3) is 5.91 Å². The van der Waals surface area contributed by atoms with E-state index in [1.807, 2.05) is 50.2 Å². The lowest BCUT2D eigenvalue weighted by Crippen LogP contribution is -2.38. The van der Waals surface area contributed by atoms with Gasteiger partial charge in [0.1, 0.15) is 12.5 Å². The van der Waals surface area contributed by atoms with Gasteiger partial charge in [-0.3, -0.25) is 9.59 Å². The Morgan fingerprint density at radius 1 is 1.23 bits per heavy atom. The number of amides is 1. The van der Waals surface area contributed by atoms with E-state index in [4.69, 9.17) is 32.7 Å². The monoisotopic (exact) mass is 568 g/mol. The Labute approximate surface area is 237 Å². The van der Waals surface area contributed by atoms with Gasteiger partial charge in [0.2, 0.25) is 5.88 Å². The number of aliphatic carboxylic acids is 1. The van der Waals surface area contributed by atoms with E-state index in [1.54, 1.807) is 11.0 Å². The number of ether oxygens (including phenoxy) is 2. The lowest BCUT2D eigenvalue weighted by molar-refractivity contribution is -0.141. The zero-order valence-electron chi connectivity index (χ0n) is 21.9. The number of fused-ring (bicyclic) bond motifs is 1. The number of carbonyl (C=O) groups excluding carboxylic acids is 1. The van der Waals surface area contributed by atoms with Crippen molar-refractivity contribution in [2.45, 2.75) is 58.3 Å². The van der Waals surface area contributed by atoms with Gasteiger partial charge in [-0.1, -0.05) is 53.5 Å². The Hall–Kier alpha value is -3.13. The fraction of sp³-hybridized carbons (Fsp3) is 0.367. The van der Waals surface area contributed by atoms with Crippen molar-refractivity contribution >= 4 is 35.1 Å². The van der Waals surface area contributed by atoms with Crippen molar-refractivity contribution in [2.24, 2.45) is 0 Å². The van der Waals surface area contributed by atoms with E-state index in [2.05, 4.69) is 4.98 Å². The van der Waals surface area contributed by atoms with Crippen LogP contribution >= 0.6 is 23.2 Å². The van der Waals surface area contributed by atoms with Crippen molar-refractivity contribution in [3.05, 3.63) is 91.6 Å². The van der Waals surface area contributed by atoms with Crippen molar-refractivity contribution in [3.8, 4) is 5.88 Å². The molecule has 0 spiro atoms. The van der Waals surface area contributed by atoms with Crippen LogP contribution < -0.4 is 4.74 Å². The van der Waals surface area contributed by atoms with Gasteiger partial charge in [-0.15, -0.1) is 0 Å². The quantitative estimate of drug-likeness (QED) is 0.351. The summed E-state index contributed by atoms with van der Waals surface area (Å²) in [6.45, 7) is 5.43. The van der Waals surface area contributed by atoms with E-state index in [1.165, 1.54) is 0 Å². The number of aryl methyl sites for hydroxylation is 2. The number of nitrogens with zero attached hydrogens (tertiary/aromatic N) is 2. The molecule has 1 amide bonds. The fourth-order valence-electron chi connectivity index (χ4n) is 5.45. The van der Waals surface area contributed by atoms with Crippen LogP contribution in [0, 0.1) is 13.8 Å². The van der Waals surface area contributed by atoms with Gasteiger partial charge >= 0.3 is 5.97 Å². The van der Waals surface area contributed by atoms with E-state index in [-0.39, 0.29) is 23.0 Å². The maximum Gasteiger partial charge on any atom is 0.313 e. The Kier molecular flexibility index (Phi) is 8.12. The Bertz CT molecular complexity index is 1410. The van der Waals surface area contributed by atoms with E-state index < -0.39 is 18.0 Å². The standard InChI is InChI=1S/C30H30Cl2N2O5/c1-17-13-18(2)33-28(39-16-19-7-4-3-5-8-19)22(17)15-34-11-10-20-23(31)14-21(27(32)26(20)29(34)35)25(30(36)37)24-9-6-12-38-24/h3-5,7-8,13-14,24-25H,6,9-12,15-16H2,1-2H3,(H,36,37)/t24?,25-/m1/s1. The topological polar surface area (TPSA) is 89.0 Å². The Morgan fingerprint density at radius 2 is 2.00 bits per heavy atom. The smallest absolute Gasteiger partial charge is 0.313 e. The molecule has 2 aliphatic heterocycles.